The summed E-state index contributed by atoms with van der Waals surface area (Å²) in [5.41, 5.74) is 3.17. The molecule has 0 unspecified atom stereocenters. The minimum absolute atomic E-state index is 0.0528. The highest BCUT2D eigenvalue weighted by atomic mass is 127. The van der Waals surface area contributed by atoms with E-state index in [-0.39, 0.29) is 11.9 Å². The fourth-order valence-electron chi connectivity index (χ4n) is 3.13. The molecule has 2 N–H and O–H groups in total. The highest BCUT2D eigenvalue weighted by Gasteiger charge is 2.15. The van der Waals surface area contributed by atoms with Crippen molar-refractivity contribution < 1.29 is 9.59 Å². The zero-order chi connectivity index (χ0) is 19.2. The molecule has 2 aromatic rings. The molecule has 0 aromatic heterocycles. The van der Waals surface area contributed by atoms with Crippen molar-refractivity contribution in [2.45, 2.75) is 32.6 Å². The van der Waals surface area contributed by atoms with Crippen molar-refractivity contribution >= 4 is 45.9 Å². The van der Waals surface area contributed by atoms with E-state index in [1.165, 1.54) is 12.8 Å². The number of anilines is 2. The summed E-state index contributed by atoms with van der Waals surface area (Å²) in [6, 6.07) is 12.9. The van der Waals surface area contributed by atoms with Gasteiger partial charge in [-0.25, -0.2) is 4.79 Å². The molecule has 0 bridgehead atoms. The molecule has 2 aromatic carbocycles. The Kier molecular flexibility index (Phi) is 6.71. The summed E-state index contributed by atoms with van der Waals surface area (Å²) >= 11 is 2.19. The van der Waals surface area contributed by atoms with Crippen LogP contribution in [-0.2, 0) is 0 Å². The molecule has 0 radical (unpaired) electrons. The molecule has 5 nitrogen and oxygen atoms in total. The Morgan fingerprint density at radius 1 is 0.889 bits per heavy atom. The summed E-state index contributed by atoms with van der Waals surface area (Å²) in [6.07, 6.45) is 4.52. The molecule has 0 aliphatic carbocycles. The van der Waals surface area contributed by atoms with Crippen molar-refractivity contribution in [2.24, 2.45) is 0 Å². The highest BCUT2D eigenvalue weighted by Crippen LogP contribution is 2.20. The largest absolute Gasteiger partial charge is 0.325 e. The molecule has 0 saturated carbocycles. The van der Waals surface area contributed by atoms with E-state index < -0.39 is 0 Å². The number of nitrogens with one attached hydrogen (secondary N) is 2. The monoisotopic (exact) mass is 477 g/mol. The van der Waals surface area contributed by atoms with Crippen molar-refractivity contribution in [3.05, 3.63) is 57.2 Å². The van der Waals surface area contributed by atoms with Gasteiger partial charge in [0.2, 0.25) is 0 Å². The van der Waals surface area contributed by atoms with Crippen LogP contribution in [0.5, 0.6) is 0 Å². The van der Waals surface area contributed by atoms with Gasteiger partial charge in [-0.3, -0.25) is 4.79 Å². The second-order valence-corrected chi connectivity index (χ2v) is 7.88. The predicted molar refractivity (Wildman–Crippen MR) is 117 cm³/mol. The minimum atomic E-state index is -0.135. The molecule has 1 aliphatic rings. The van der Waals surface area contributed by atoms with Gasteiger partial charge in [0.05, 0.1) is 5.56 Å². The van der Waals surface area contributed by atoms with Crippen LogP contribution in [0.25, 0.3) is 0 Å². The lowest BCUT2D eigenvalue weighted by atomic mass is 10.1. The van der Waals surface area contributed by atoms with Crippen LogP contribution in [0, 0.1) is 10.5 Å². The van der Waals surface area contributed by atoms with E-state index in [9.17, 15) is 9.59 Å². The number of amides is 3. The van der Waals surface area contributed by atoms with Gasteiger partial charge in [0.1, 0.15) is 0 Å². The molecule has 1 aliphatic heterocycles. The number of urea groups is 1. The Balaban J connectivity index is 1.60. The molecular weight excluding hydrogens is 453 g/mol. The summed E-state index contributed by atoms with van der Waals surface area (Å²) in [6.45, 7) is 3.62. The Bertz CT molecular complexity index is 813. The maximum Gasteiger partial charge on any atom is 0.321 e. The molecule has 3 amide bonds. The Morgan fingerprint density at radius 2 is 1.48 bits per heavy atom. The van der Waals surface area contributed by atoms with Gasteiger partial charge >= 0.3 is 6.03 Å². The van der Waals surface area contributed by atoms with Crippen molar-refractivity contribution in [3.63, 3.8) is 0 Å². The molecule has 1 heterocycles. The molecule has 1 fully saturated rings. The fourth-order valence-corrected chi connectivity index (χ4v) is 3.74. The van der Waals surface area contributed by atoms with Crippen LogP contribution in [-0.4, -0.2) is 29.9 Å². The zero-order valence-electron chi connectivity index (χ0n) is 15.4. The normalized spacial score (nSPS) is 14.4. The lowest BCUT2D eigenvalue weighted by Gasteiger charge is -2.20. The van der Waals surface area contributed by atoms with E-state index in [2.05, 4.69) is 33.2 Å². The van der Waals surface area contributed by atoms with E-state index in [0.29, 0.717) is 11.3 Å². The summed E-state index contributed by atoms with van der Waals surface area (Å²) in [7, 11) is 0. The van der Waals surface area contributed by atoms with Crippen LogP contribution < -0.4 is 10.6 Å². The summed E-state index contributed by atoms with van der Waals surface area (Å²) in [5, 5.41) is 5.85. The maximum absolute atomic E-state index is 12.5. The van der Waals surface area contributed by atoms with Crippen molar-refractivity contribution in [1.82, 2.24) is 4.90 Å². The zero-order valence-corrected chi connectivity index (χ0v) is 17.6. The number of hydrogen-bond acceptors (Lipinski definition) is 2. The second kappa shape index (κ2) is 9.21. The van der Waals surface area contributed by atoms with Crippen molar-refractivity contribution in [2.75, 3.05) is 23.7 Å². The fraction of sp³-hybridized carbons (Fsp3) is 0.333. The van der Waals surface area contributed by atoms with Crippen molar-refractivity contribution in [3.8, 4) is 0 Å². The van der Waals surface area contributed by atoms with Gasteiger partial charge in [-0.1, -0.05) is 25.0 Å². The summed E-state index contributed by atoms with van der Waals surface area (Å²) in [4.78, 5) is 26.8. The molecular formula is C21H24IN3O2. The van der Waals surface area contributed by atoms with Crippen LogP contribution in [0.15, 0.2) is 42.5 Å². The quantitative estimate of drug-likeness (QED) is 0.593. The van der Waals surface area contributed by atoms with Gasteiger partial charge in [-0.15, -0.1) is 0 Å². The number of hydrogen-bond donors (Lipinski definition) is 2. The van der Waals surface area contributed by atoms with Crippen LogP contribution in [0.1, 0.15) is 41.6 Å². The summed E-state index contributed by atoms with van der Waals surface area (Å²) < 4.78 is 0.953. The smallest absolute Gasteiger partial charge is 0.321 e. The Morgan fingerprint density at radius 3 is 2.11 bits per heavy atom. The number of benzene rings is 2. The van der Waals surface area contributed by atoms with E-state index in [0.717, 1.165) is 40.8 Å². The number of carbonyl (C=O) groups excluding carboxylic acids is 2. The molecule has 1 saturated heterocycles. The van der Waals surface area contributed by atoms with Gasteiger partial charge in [0, 0.05) is 28.0 Å². The molecule has 6 heteroatoms. The minimum Gasteiger partial charge on any atom is -0.325 e. The average molecular weight is 477 g/mol. The first-order chi connectivity index (χ1) is 13.0. The van der Waals surface area contributed by atoms with Gasteiger partial charge in [-0.05, 0) is 78.3 Å². The van der Waals surface area contributed by atoms with Gasteiger partial charge in [0.25, 0.3) is 5.91 Å². The number of halogens is 1. The first kappa shape index (κ1) is 19.7. The standard InChI is InChI=1S/C21H24IN3O2/c1-15-7-6-8-18(19(15)22)20(26)23-16-9-11-17(12-10-16)24-21(27)25-13-4-2-3-5-14-25/h6-12H,2-5,13-14H2,1H3,(H,23,26)(H,24,27). The van der Waals surface area contributed by atoms with E-state index in [1.807, 2.05) is 42.2 Å². The van der Waals surface area contributed by atoms with Crippen LogP contribution in [0.2, 0.25) is 0 Å². The number of likely N-dealkylation sites (tertiary alicyclic amines) is 1. The lowest BCUT2D eigenvalue weighted by Crippen LogP contribution is -2.35. The molecule has 0 spiro atoms. The highest BCUT2D eigenvalue weighted by molar-refractivity contribution is 14.1. The second-order valence-electron chi connectivity index (χ2n) is 6.80. The molecule has 0 atom stereocenters. The lowest BCUT2D eigenvalue weighted by molar-refractivity contribution is 0.102. The third kappa shape index (κ3) is 5.22. The average Bonchev–Trinajstić information content (AvgIpc) is 2.95. The predicted octanol–water partition coefficient (Wildman–Crippen LogP) is 5.26. The Labute approximate surface area is 173 Å². The van der Waals surface area contributed by atoms with Crippen LogP contribution in [0.3, 0.4) is 0 Å². The third-order valence-corrected chi connectivity index (χ3v) is 6.16. The summed E-state index contributed by atoms with van der Waals surface area (Å²) in [5.74, 6) is -0.135. The molecule has 3 rings (SSSR count). The van der Waals surface area contributed by atoms with Crippen molar-refractivity contribution in [1.29, 1.82) is 0 Å². The van der Waals surface area contributed by atoms with Crippen LogP contribution >= 0.6 is 22.6 Å². The third-order valence-electron chi connectivity index (χ3n) is 4.72. The Hall–Kier alpha value is -2.09. The van der Waals surface area contributed by atoms with Crippen LogP contribution in [0.4, 0.5) is 16.2 Å². The SMILES string of the molecule is Cc1cccc(C(=O)Nc2ccc(NC(=O)N3CCCCCC3)cc2)c1I. The van der Waals surface area contributed by atoms with E-state index in [4.69, 9.17) is 0 Å². The molecule has 142 valence electrons. The van der Waals surface area contributed by atoms with Gasteiger partial charge in [-0.2, -0.15) is 0 Å². The molecule has 27 heavy (non-hydrogen) atoms. The van der Waals surface area contributed by atoms with E-state index >= 15 is 0 Å². The number of aryl methyl sites for hydroxylation is 1. The first-order valence-corrected chi connectivity index (χ1v) is 10.3. The van der Waals surface area contributed by atoms with Gasteiger partial charge in [0.15, 0.2) is 0 Å². The van der Waals surface area contributed by atoms with E-state index in [1.54, 1.807) is 12.1 Å². The first-order valence-electron chi connectivity index (χ1n) is 9.27. The number of carbonyl (C=O) groups is 2. The number of rotatable bonds is 3. The maximum atomic E-state index is 12.5. The number of nitrogens with zero attached hydrogens (tertiary/aromatic N) is 1. The topological polar surface area (TPSA) is 61.4 Å². The van der Waals surface area contributed by atoms with Gasteiger partial charge < -0.3 is 15.5 Å².